The number of carbonyl (C=O) groups excluding carboxylic acids is 4. The summed E-state index contributed by atoms with van der Waals surface area (Å²) in [6.07, 6.45) is -3.13. The fourth-order valence-corrected chi connectivity index (χ4v) is 4.25. The Hall–Kier alpha value is -5.09. The highest BCUT2D eigenvalue weighted by Gasteiger charge is 2.53. The number of aromatic nitrogens is 1. The van der Waals surface area contributed by atoms with Gasteiger partial charge in [-0.05, 0) is 36.4 Å². The van der Waals surface area contributed by atoms with Crippen LogP contribution in [0.5, 0.6) is 0 Å². The average Bonchev–Trinajstić information content (AvgIpc) is 3.61. The Morgan fingerprint density at radius 1 is 0.725 bits per heavy atom. The molecule has 0 spiro atoms. The van der Waals surface area contributed by atoms with E-state index in [1.165, 1.54) is 6.20 Å². The van der Waals surface area contributed by atoms with Gasteiger partial charge >= 0.3 is 17.9 Å². The molecule has 1 saturated heterocycles. The van der Waals surface area contributed by atoms with Crippen molar-refractivity contribution in [1.82, 2.24) is 5.16 Å². The van der Waals surface area contributed by atoms with Crippen molar-refractivity contribution < 1.29 is 42.6 Å². The first-order valence-corrected chi connectivity index (χ1v) is 12.3. The summed E-state index contributed by atoms with van der Waals surface area (Å²) in [5, 5.41) is 3.66. The molecule has 2 heterocycles. The molecule has 0 amide bonds. The molecule has 10 nitrogen and oxygen atoms in total. The van der Waals surface area contributed by atoms with Crippen molar-refractivity contribution >= 4 is 24.2 Å². The van der Waals surface area contributed by atoms with Gasteiger partial charge in [0.2, 0.25) is 0 Å². The van der Waals surface area contributed by atoms with Gasteiger partial charge in [-0.15, -0.1) is 0 Å². The highest BCUT2D eigenvalue weighted by Crippen LogP contribution is 2.39. The molecule has 0 bridgehead atoms. The second-order valence-electron chi connectivity index (χ2n) is 8.79. The number of hydrogen-bond acceptors (Lipinski definition) is 10. The summed E-state index contributed by atoms with van der Waals surface area (Å²) >= 11 is 0. The second-order valence-corrected chi connectivity index (χ2v) is 8.79. The van der Waals surface area contributed by atoms with Crippen LogP contribution in [0, 0.1) is 0 Å². The molecule has 40 heavy (non-hydrogen) atoms. The van der Waals surface area contributed by atoms with Crippen LogP contribution < -0.4 is 0 Å². The summed E-state index contributed by atoms with van der Waals surface area (Å²) in [6.45, 7) is -0.360. The quantitative estimate of drug-likeness (QED) is 0.172. The van der Waals surface area contributed by atoms with E-state index in [0.717, 1.165) is 0 Å². The molecule has 1 aliphatic rings. The minimum Gasteiger partial charge on any atom is -0.459 e. The maximum Gasteiger partial charge on any atom is 0.338 e. The Morgan fingerprint density at radius 3 is 1.75 bits per heavy atom. The molecule has 0 N–H and O–H groups in total. The van der Waals surface area contributed by atoms with Crippen molar-refractivity contribution in [3.05, 3.63) is 125 Å². The van der Waals surface area contributed by atoms with Crippen molar-refractivity contribution in [2.75, 3.05) is 6.61 Å². The SMILES string of the molecule is O=Cc1cnoc1[C@@H]1O[C@H](COC(=O)c2ccccc2)[C@@H](OC(=O)c2ccccc2)[C@H]1OC(=O)c1ccccc1. The van der Waals surface area contributed by atoms with Crippen LogP contribution in [0.1, 0.15) is 53.3 Å². The van der Waals surface area contributed by atoms with E-state index in [4.69, 9.17) is 23.5 Å². The Balaban J connectivity index is 1.47. The van der Waals surface area contributed by atoms with Crippen LogP contribution in [0.3, 0.4) is 0 Å². The van der Waals surface area contributed by atoms with Gasteiger partial charge in [0.15, 0.2) is 30.4 Å². The second kappa shape index (κ2) is 12.2. The third kappa shape index (κ3) is 5.82. The van der Waals surface area contributed by atoms with E-state index < -0.39 is 42.3 Å². The first kappa shape index (κ1) is 26.5. The summed E-state index contributed by atoms with van der Waals surface area (Å²) in [6, 6.07) is 24.7. The molecule has 5 rings (SSSR count). The van der Waals surface area contributed by atoms with Gasteiger partial charge in [-0.3, -0.25) is 4.79 Å². The van der Waals surface area contributed by atoms with E-state index in [1.54, 1.807) is 91.0 Å². The van der Waals surface area contributed by atoms with Crippen LogP contribution in [0.25, 0.3) is 0 Å². The van der Waals surface area contributed by atoms with E-state index in [0.29, 0.717) is 11.8 Å². The van der Waals surface area contributed by atoms with E-state index in [-0.39, 0.29) is 29.1 Å². The lowest BCUT2D eigenvalue weighted by atomic mass is 10.0. The number of rotatable bonds is 9. The molecular weight excluding hydrogens is 518 g/mol. The maximum absolute atomic E-state index is 13.1. The molecule has 3 aromatic carbocycles. The number of benzene rings is 3. The summed E-state index contributed by atoms with van der Waals surface area (Å²) in [7, 11) is 0. The lowest BCUT2D eigenvalue weighted by Crippen LogP contribution is -2.40. The Kier molecular flexibility index (Phi) is 8.07. The zero-order valence-corrected chi connectivity index (χ0v) is 21.0. The fraction of sp³-hybridized carbons (Fsp3) is 0.167. The standard InChI is InChI=1S/C30H23NO9/c32-17-22-16-31-40-24(22)26-27(39-30(35)21-14-8-3-9-15-21)25(38-29(34)20-12-6-2-7-13-20)23(37-26)18-36-28(33)19-10-4-1-5-11-19/h1-17,23,25-27H,18H2/t23-,25-,26+,27-/m1/s1. The molecule has 0 saturated carbocycles. The minimum atomic E-state index is -1.28. The normalized spacial score (nSPS) is 19.9. The van der Waals surface area contributed by atoms with Crippen LogP contribution in [0.2, 0.25) is 0 Å². The smallest absolute Gasteiger partial charge is 0.338 e. The largest absolute Gasteiger partial charge is 0.459 e. The molecule has 4 atom stereocenters. The summed E-state index contributed by atoms with van der Waals surface area (Å²) < 4.78 is 28.5. The maximum atomic E-state index is 13.1. The topological polar surface area (TPSA) is 131 Å². The zero-order chi connectivity index (χ0) is 27.9. The number of ether oxygens (including phenoxy) is 4. The van der Waals surface area contributed by atoms with Crippen molar-refractivity contribution in [1.29, 1.82) is 0 Å². The summed E-state index contributed by atoms with van der Waals surface area (Å²) in [4.78, 5) is 50.6. The van der Waals surface area contributed by atoms with Crippen molar-refractivity contribution in [3.8, 4) is 0 Å². The van der Waals surface area contributed by atoms with Crippen molar-refractivity contribution in [2.24, 2.45) is 0 Å². The monoisotopic (exact) mass is 541 g/mol. The first-order valence-electron chi connectivity index (χ1n) is 12.3. The third-order valence-electron chi connectivity index (χ3n) is 6.22. The Bertz CT molecular complexity index is 1470. The molecule has 0 radical (unpaired) electrons. The van der Waals surface area contributed by atoms with E-state index >= 15 is 0 Å². The molecule has 1 aliphatic heterocycles. The Morgan fingerprint density at radius 2 is 1.23 bits per heavy atom. The molecule has 4 aromatic rings. The zero-order valence-electron chi connectivity index (χ0n) is 21.0. The van der Waals surface area contributed by atoms with Gasteiger partial charge in [0.1, 0.15) is 12.7 Å². The number of esters is 3. The average molecular weight is 542 g/mol. The van der Waals surface area contributed by atoms with Crippen LogP contribution >= 0.6 is 0 Å². The summed E-state index contributed by atoms with van der Waals surface area (Å²) in [5.41, 5.74) is 0.843. The predicted octanol–water partition coefficient (Wildman–Crippen LogP) is 4.24. The minimum absolute atomic E-state index is 0.0292. The van der Waals surface area contributed by atoms with E-state index in [9.17, 15) is 19.2 Å². The molecular formula is C30H23NO9. The molecule has 0 aliphatic carbocycles. The third-order valence-corrected chi connectivity index (χ3v) is 6.22. The van der Waals surface area contributed by atoms with Gasteiger partial charge < -0.3 is 23.5 Å². The number of aldehydes is 1. The van der Waals surface area contributed by atoms with Gasteiger partial charge in [-0.1, -0.05) is 59.8 Å². The van der Waals surface area contributed by atoms with Crippen LogP contribution in [0.15, 0.2) is 102 Å². The van der Waals surface area contributed by atoms with Gasteiger partial charge in [0.25, 0.3) is 0 Å². The summed E-state index contributed by atoms with van der Waals surface area (Å²) in [5.74, 6) is -2.11. The molecule has 1 aromatic heterocycles. The van der Waals surface area contributed by atoms with E-state index in [1.807, 2.05) is 0 Å². The van der Waals surface area contributed by atoms with Gasteiger partial charge in [-0.2, -0.15) is 0 Å². The first-order chi connectivity index (χ1) is 19.5. The molecule has 0 unspecified atom stereocenters. The van der Waals surface area contributed by atoms with Crippen LogP contribution in [-0.2, 0) is 18.9 Å². The lowest BCUT2D eigenvalue weighted by Gasteiger charge is -2.24. The fourth-order valence-electron chi connectivity index (χ4n) is 4.25. The molecule has 10 heteroatoms. The Labute approximate surface area is 228 Å². The highest BCUT2D eigenvalue weighted by atomic mass is 16.7. The van der Waals surface area contributed by atoms with Crippen molar-refractivity contribution in [3.63, 3.8) is 0 Å². The predicted molar refractivity (Wildman–Crippen MR) is 138 cm³/mol. The van der Waals surface area contributed by atoms with Crippen LogP contribution in [-0.4, -0.2) is 54.3 Å². The molecule has 202 valence electrons. The van der Waals surface area contributed by atoms with Gasteiger partial charge in [-0.25, -0.2) is 14.4 Å². The van der Waals surface area contributed by atoms with E-state index in [2.05, 4.69) is 5.16 Å². The highest BCUT2D eigenvalue weighted by molar-refractivity contribution is 5.91. The van der Waals surface area contributed by atoms with Gasteiger partial charge in [0, 0.05) is 0 Å². The lowest BCUT2D eigenvalue weighted by molar-refractivity contribution is -0.0468. The van der Waals surface area contributed by atoms with Gasteiger partial charge in [0.05, 0.1) is 28.5 Å². The molecule has 1 fully saturated rings. The van der Waals surface area contributed by atoms with Crippen molar-refractivity contribution in [2.45, 2.75) is 24.4 Å². The number of carbonyl (C=O) groups is 4. The number of hydrogen-bond donors (Lipinski definition) is 0. The van der Waals surface area contributed by atoms with Crippen LogP contribution in [0.4, 0.5) is 0 Å². The number of nitrogens with zero attached hydrogens (tertiary/aromatic N) is 1.